The second-order valence-corrected chi connectivity index (χ2v) is 3.47. The van der Waals surface area contributed by atoms with Crippen molar-refractivity contribution in [2.24, 2.45) is 5.73 Å². The summed E-state index contributed by atoms with van der Waals surface area (Å²) in [6, 6.07) is 1.40. The first-order valence-electron chi connectivity index (χ1n) is 5.25. The van der Waals surface area contributed by atoms with Gasteiger partial charge in [-0.15, -0.1) is 6.42 Å². The van der Waals surface area contributed by atoms with Gasteiger partial charge in [0.15, 0.2) is 0 Å². The summed E-state index contributed by atoms with van der Waals surface area (Å²) in [6.45, 7) is 3.55. The molecule has 0 aliphatic heterocycles. The molecule has 3 nitrogen and oxygen atoms in total. The predicted molar refractivity (Wildman–Crippen MR) is 63.4 cm³/mol. The van der Waals surface area contributed by atoms with Gasteiger partial charge in [-0.1, -0.05) is 12.8 Å². The summed E-state index contributed by atoms with van der Waals surface area (Å²) in [7, 11) is 0. The molecule has 0 aromatic carbocycles. The summed E-state index contributed by atoms with van der Waals surface area (Å²) in [5.41, 5.74) is 6.25. The topological polar surface area (TPSA) is 42.2 Å². The van der Waals surface area contributed by atoms with Crippen LogP contribution in [0.5, 0.6) is 0 Å². The lowest BCUT2D eigenvalue weighted by Crippen LogP contribution is -2.27. The number of terminal acetylenes is 1. The molecular weight excluding hydrogens is 205 g/mol. The maximum Gasteiger partial charge on any atom is 0.141 e. The number of nitrogens with two attached hydrogens (primary N) is 1. The zero-order valence-corrected chi connectivity index (χ0v) is 9.41. The molecule has 0 atom stereocenters. The Labute approximate surface area is 95.5 Å². The highest BCUT2D eigenvalue weighted by Gasteiger charge is 2.11. The fourth-order valence-corrected chi connectivity index (χ4v) is 1.55. The van der Waals surface area contributed by atoms with Crippen molar-refractivity contribution < 1.29 is 4.39 Å². The second kappa shape index (κ2) is 6.09. The zero-order chi connectivity index (χ0) is 12.0. The fourth-order valence-electron chi connectivity index (χ4n) is 1.55. The van der Waals surface area contributed by atoms with Crippen LogP contribution in [0.3, 0.4) is 0 Å². The minimum absolute atomic E-state index is 0.255. The van der Waals surface area contributed by atoms with Crippen molar-refractivity contribution in [3.05, 3.63) is 23.6 Å². The molecule has 2 N–H and O–H groups in total. The molecule has 1 heterocycles. The molecule has 0 amide bonds. The van der Waals surface area contributed by atoms with Crippen LogP contribution < -0.4 is 10.6 Å². The van der Waals surface area contributed by atoms with E-state index in [-0.39, 0.29) is 12.4 Å². The van der Waals surface area contributed by atoms with Crippen molar-refractivity contribution in [2.45, 2.75) is 19.9 Å². The van der Waals surface area contributed by atoms with Gasteiger partial charge in [0.2, 0.25) is 0 Å². The van der Waals surface area contributed by atoms with Crippen molar-refractivity contribution in [3.63, 3.8) is 0 Å². The van der Waals surface area contributed by atoms with Crippen LogP contribution in [0, 0.1) is 18.2 Å². The third-order valence-corrected chi connectivity index (χ3v) is 2.20. The third-order valence-electron chi connectivity index (χ3n) is 2.20. The molecular formula is C12H16FN3. The highest BCUT2D eigenvalue weighted by molar-refractivity contribution is 5.47. The van der Waals surface area contributed by atoms with Crippen LogP contribution in [0.2, 0.25) is 0 Å². The minimum Gasteiger partial charge on any atom is -0.345 e. The fraction of sp³-hybridized carbons (Fsp3) is 0.417. The van der Waals surface area contributed by atoms with E-state index in [1.54, 1.807) is 0 Å². The van der Waals surface area contributed by atoms with E-state index in [4.69, 9.17) is 12.2 Å². The molecule has 86 valence electrons. The molecule has 0 radical (unpaired) electrons. The highest BCUT2D eigenvalue weighted by atomic mass is 19.1. The van der Waals surface area contributed by atoms with E-state index in [9.17, 15) is 4.39 Å². The van der Waals surface area contributed by atoms with Crippen LogP contribution in [0.15, 0.2) is 12.3 Å². The summed E-state index contributed by atoms with van der Waals surface area (Å²) in [6.07, 6.45) is 7.43. The molecule has 0 saturated carbocycles. The molecule has 0 spiro atoms. The van der Waals surface area contributed by atoms with E-state index in [0.717, 1.165) is 13.0 Å². The van der Waals surface area contributed by atoms with Gasteiger partial charge < -0.3 is 10.6 Å². The molecule has 0 fully saturated rings. The van der Waals surface area contributed by atoms with Crippen LogP contribution in [-0.4, -0.2) is 18.1 Å². The molecule has 0 saturated heterocycles. The Morgan fingerprint density at radius 1 is 1.62 bits per heavy atom. The zero-order valence-electron chi connectivity index (χ0n) is 9.41. The van der Waals surface area contributed by atoms with Gasteiger partial charge >= 0.3 is 0 Å². The van der Waals surface area contributed by atoms with Crippen LogP contribution in [0.4, 0.5) is 10.2 Å². The van der Waals surface area contributed by atoms with Crippen molar-refractivity contribution in [1.29, 1.82) is 0 Å². The highest BCUT2D eigenvalue weighted by Crippen LogP contribution is 2.18. The number of pyridine rings is 1. The Bertz CT molecular complexity index is 384. The molecule has 0 bridgehead atoms. The maximum absolute atomic E-state index is 13.0. The number of rotatable bonds is 5. The third kappa shape index (κ3) is 2.94. The molecule has 4 heteroatoms. The Balaban J connectivity index is 3.03. The van der Waals surface area contributed by atoms with Gasteiger partial charge in [0.05, 0.1) is 12.7 Å². The van der Waals surface area contributed by atoms with Gasteiger partial charge in [-0.3, -0.25) is 0 Å². The number of aromatic nitrogens is 1. The van der Waals surface area contributed by atoms with Gasteiger partial charge in [-0.05, 0) is 12.5 Å². The van der Waals surface area contributed by atoms with Crippen molar-refractivity contribution in [1.82, 2.24) is 4.98 Å². The van der Waals surface area contributed by atoms with Crippen LogP contribution in [-0.2, 0) is 6.54 Å². The SMILES string of the molecule is C#CCN(CCC)c1ncc(F)cc1CN. The summed E-state index contributed by atoms with van der Waals surface area (Å²) in [5, 5.41) is 0. The normalized spacial score (nSPS) is 9.88. The molecule has 0 aliphatic carbocycles. The van der Waals surface area contributed by atoms with Gasteiger partial charge in [0.1, 0.15) is 11.6 Å². The van der Waals surface area contributed by atoms with Gasteiger partial charge in [0.25, 0.3) is 0 Å². The van der Waals surface area contributed by atoms with E-state index in [1.165, 1.54) is 12.3 Å². The predicted octanol–water partition coefficient (Wildman–Crippen LogP) is 1.53. The van der Waals surface area contributed by atoms with E-state index < -0.39 is 0 Å². The first-order chi connectivity index (χ1) is 7.72. The molecule has 0 unspecified atom stereocenters. The van der Waals surface area contributed by atoms with Crippen molar-refractivity contribution >= 4 is 5.82 Å². The average molecular weight is 221 g/mol. The summed E-state index contributed by atoms with van der Waals surface area (Å²) in [4.78, 5) is 5.99. The van der Waals surface area contributed by atoms with Crippen LogP contribution in [0.25, 0.3) is 0 Å². The average Bonchev–Trinajstić information content (AvgIpc) is 2.28. The Hall–Kier alpha value is -1.60. The smallest absolute Gasteiger partial charge is 0.141 e. The van der Waals surface area contributed by atoms with Crippen molar-refractivity contribution in [3.8, 4) is 12.3 Å². The monoisotopic (exact) mass is 221 g/mol. The van der Waals surface area contributed by atoms with Gasteiger partial charge in [0, 0.05) is 18.7 Å². The summed E-state index contributed by atoms with van der Waals surface area (Å²) in [5.74, 6) is 2.88. The van der Waals surface area contributed by atoms with Gasteiger partial charge in [-0.25, -0.2) is 9.37 Å². The molecule has 16 heavy (non-hydrogen) atoms. The van der Waals surface area contributed by atoms with Crippen LogP contribution >= 0.6 is 0 Å². The maximum atomic E-state index is 13.0. The largest absolute Gasteiger partial charge is 0.345 e. The lowest BCUT2D eigenvalue weighted by molar-refractivity contribution is 0.617. The second-order valence-electron chi connectivity index (χ2n) is 3.47. The number of nitrogens with zero attached hydrogens (tertiary/aromatic N) is 2. The molecule has 1 aromatic rings. The lowest BCUT2D eigenvalue weighted by atomic mass is 10.2. The molecule has 0 aliphatic rings. The summed E-state index contributed by atoms with van der Waals surface area (Å²) >= 11 is 0. The van der Waals surface area contributed by atoms with E-state index in [0.29, 0.717) is 17.9 Å². The Morgan fingerprint density at radius 2 is 2.38 bits per heavy atom. The first kappa shape index (κ1) is 12.5. The van der Waals surface area contributed by atoms with Gasteiger partial charge in [-0.2, -0.15) is 0 Å². The van der Waals surface area contributed by atoms with E-state index >= 15 is 0 Å². The number of hydrogen-bond acceptors (Lipinski definition) is 3. The number of anilines is 1. The quantitative estimate of drug-likeness (QED) is 0.767. The number of halogens is 1. The minimum atomic E-state index is -0.374. The first-order valence-corrected chi connectivity index (χ1v) is 5.25. The van der Waals surface area contributed by atoms with Crippen LogP contribution in [0.1, 0.15) is 18.9 Å². The Morgan fingerprint density at radius 3 is 2.94 bits per heavy atom. The molecule has 1 aromatic heterocycles. The summed E-state index contributed by atoms with van der Waals surface area (Å²) < 4.78 is 13.0. The van der Waals surface area contributed by atoms with E-state index in [1.807, 2.05) is 4.90 Å². The Kier molecular flexibility index (Phi) is 4.74. The van der Waals surface area contributed by atoms with Crippen molar-refractivity contribution in [2.75, 3.05) is 18.0 Å². The standard InChI is InChI=1S/C12H16FN3/c1-3-5-16(6-4-2)12-10(8-14)7-11(13)9-15-12/h1,7,9H,4-6,8,14H2,2H3. The number of hydrogen-bond donors (Lipinski definition) is 1. The van der Waals surface area contributed by atoms with E-state index in [2.05, 4.69) is 17.8 Å². The lowest BCUT2D eigenvalue weighted by Gasteiger charge is -2.22. The molecule has 1 rings (SSSR count).